The summed E-state index contributed by atoms with van der Waals surface area (Å²) in [7, 11) is -3.71. The summed E-state index contributed by atoms with van der Waals surface area (Å²) in [4.78, 5) is 14.8. The van der Waals surface area contributed by atoms with Gasteiger partial charge < -0.3 is 9.88 Å². The predicted octanol–water partition coefficient (Wildman–Crippen LogP) is 8.40. The molecular weight excluding hydrogens is 575 g/mol. The number of nitrogens with zero attached hydrogens (tertiary/aromatic N) is 1. The number of hydrogen-bond acceptors (Lipinski definition) is 4. The van der Waals surface area contributed by atoms with Gasteiger partial charge in [-0.25, -0.2) is 8.42 Å². The molecule has 0 saturated carbocycles. The summed E-state index contributed by atoms with van der Waals surface area (Å²) in [5, 5.41) is 4.88. The quantitative estimate of drug-likeness (QED) is 0.162. The standard InChI is InChI=1S/C35H31N3O3S2/c1-3-38-32-12-8-7-11-30(32)31-23-27(17-22-33(31)38)36-35(39)34(25-9-5-4-6-10-25)42-28-18-15-26(16-19-28)37-43(40,41)29-20-13-24(2)14-21-29/h4-23,34,37H,3H2,1-2H3,(H,36,39). The van der Waals surface area contributed by atoms with Gasteiger partial charge in [0.15, 0.2) is 0 Å². The third-order valence-electron chi connectivity index (χ3n) is 7.39. The van der Waals surface area contributed by atoms with E-state index in [2.05, 4.69) is 39.7 Å². The van der Waals surface area contributed by atoms with Crippen LogP contribution >= 0.6 is 11.8 Å². The Labute approximate surface area is 255 Å². The molecule has 0 radical (unpaired) electrons. The first-order chi connectivity index (χ1) is 20.8. The summed E-state index contributed by atoms with van der Waals surface area (Å²) >= 11 is 1.41. The minimum Gasteiger partial charge on any atom is -0.341 e. The molecule has 1 unspecified atom stereocenters. The van der Waals surface area contributed by atoms with Crippen LogP contribution in [0.4, 0.5) is 11.4 Å². The first-order valence-electron chi connectivity index (χ1n) is 14.1. The van der Waals surface area contributed by atoms with Crippen molar-refractivity contribution in [1.29, 1.82) is 0 Å². The molecule has 1 heterocycles. The highest BCUT2D eigenvalue weighted by molar-refractivity contribution is 8.00. The Bertz CT molecular complexity index is 2020. The number of hydrogen-bond donors (Lipinski definition) is 2. The third-order valence-corrected chi connectivity index (χ3v) is 10.1. The van der Waals surface area contributed by atoms with Crippen LogP contribution in [0.3, 0.4) is 0 Å². The molecule has 0 aliphatic carbocycles. The zero-order chi connectivity index (χ0) is 30.0. The number of sulfonamides is 1. The normalized spacial score (nSPS) is 12.3. The fourth-order valence-corrected chi connectivity index (χ4v) is 7.33. The number of amides is 1. The molecule has 0 aliphatic rings. The van der Waals surface area contributed by atoms with Gasteiger partial charge >= 0.3 is 0 Å². The van der Waals surface area contributed by atoms with E-state index < -0.39 is 15.3 Å². The fraction of sp³-hybridized carbons (Fsp3) is 0.114. The smallest absolute Gasteiger partial charge is 0.261 e. The lowest BCUT2D eigenvalue weighted by Gasteiger charge is -2.18. The highest BCUT2D eigenvalue weighted by atomic mass is 32.2. The largest absolute Gasteiger partial charge is 0.341 e. The molecule has 6 rings (SSSR count). The highest BCUT2D eigenvalue weighted by Crippen LogP contribution is 2.38. The van der Waals surface area contributed by atoms with E-state index in [1.165, 1.54) is 17.3 Å². The number of thioether (sulfide) groups is 1. The van der Waals surface area contributed by atoms with Crippen LogP contribution in [0.15, 0.2) is 131 Å². The maximum atomic E-state index is 13.8. The maximum Gasteiger partial charge on any atom is 0.261 e. The van der Waals surface area contributed by atoms with E-state index in [4.69, 9.17) is 0 Å². The van der Waals surface area contributed by atoms with E-state index in [0.29, 0.717) is 5.69 Å². The average Bonchev–Trinajstić information content (AvgIpc) is 3.34. The fourth-order valence-electron chi connectivity index (χ4n) is 5.25. The first-order valence-corrected chi connectivity index (χ1v) is 16.4. The Kier molecular flexibility index (Phi) is 7.97. The van der Waals surface area contributed by atoms with Crippen molar-refractivity contribution < 1.29 is 13.2 Å². The summed E-state index contributed by atoms with van der Waals surface area (Å²) in [5.74, 6) is -0.140. The van der Waals surface area contributed by atoms with Crippen LogP contribution < -0.4 is 10.0 Å². The number of fused-ring (bicyclic) bond motifs is 3. The Morgan fingerprint density at radius 3 is 2.14 bits per heavy atom. The maximum absolute atomic E-state index is 13.8. The molecule has 5 aromatic carbocycles. The van der Waals surface area contributed by atoms with E-state index in [1.54, 1.807) is 36.4 Å². The third kappa shape index (κ3) is 6.02. The van der Waals surface area contributed by atoms with Gasteiger partial charge in [-0.1, -0.05) is 66.2 Å². The van der Waals surface area contributed by atoms with Crippen LogP contribution in [0.1, 0.15) is 23.3 Å². The number of anilines is 2. The second kappa shape index (κ2) is 12.0. The van der Waals surface area contributed by atoms with Crippen LogP contribution in [0.25, 0.3) is 21.8 Å². The van der Waals surface area contributed by atoms with Crippen molar-refractivity contribution in [2.24, 2.45) is 0 Å². The van der Waals surface area contributed by atoms with Gasteiger partial charge in [0.1, 0.15) is 5.25 Å². The molecule has 2 N–H and O–H groups in total. The lowest BCUT2D eigenvalue weighted by molar-refractivity contribution is -0.115. The van der Waals surface area contributed by atoms with Crippen molar-refractivity contribution in [2.45, 2.75) is 35.4 Å². The number of rotatable bonds is 9. The number of aryl methyl sites for hydroxylation is 2. The highest BCUT2D eigenvalue weighted by Gasteiger charge is 2.23. The van der Waals surface area contributed by atoms with Gasteiger partial charge in [-0.05, 0) is 80.1 Å². The summed E-state index contributed by atoms with van der Waals surface area (Å²) < 4.78 is 30.6. The minimum atomic E-state index is -3.71. The van der Waals surface area contributed by atoms with Gasteiger partial charge in [0.05, 0.1) is 4.90 Å². The molecule has 0 aliphatic heterocycles. The second-order valence-electron chi connectivity index (χ2n) is 10.3. The van der Waals surface area contributed by atoms with Crippen molar-refractivity contribution >= 4 is 60.9 Å². The molecule has 216 valence electrons. The number of para-hydroxylation sites is 1. The van der Waals surface area contributed by atoms with Crippen molar-refractivity contribution in [1.82, 2.24) is 4.57 Å². The predicted molar refractivity (Wildman–Crippen MR) is 177 cm³/mol. The molecule has 6 aromatic rings. The van der Waals surface area contributed by atoms with E-state index in [-0.39, 0.29) is 10.8 Å². The molecule has 1 amide bonds. The monoisotopic (exact) mass is 605 g/mol. The van der Waals surface area contributed by atoms with E-state index in [1.807, 2.05) is 73.7 Å². The van der Waals surface area contributed by atoms with E-state index in [0.717, 1.165) is 44.5 Å². The van der Waals surface area contributed by atoms with Gasteiger partial charge in [0.2, 0.25) is 5.91 Å². The summed E-state index contributed by atoms with van der Waals surface area (Å²) in [6.07, 6.45) is 0. The van der Waals surface area contributed by atoms with Crippen LogP contribution in [-0.4, -0.2) is 18.9 Å². The summed E-state index contributed by atoms with van der Waals surface area (Å²) in [6.45, 7) is 4.90. The Morgan fingerprint density at radius 1 is 0.767 bits per heavy atom. The second-order valence-corrected chi connectivity index (χ2v) is 13.2. The van der Waals surface area contributed by atoms with Crippen LogP contribution in [-0.2, 0) is 21.4 Å². The molecule has 0 spiro atoms. The molecule has 6 nitrogen and oxygen atoms in total. The van der Waals surface area contributed by atoms with Gasteiger partial charge in [0, 0.05) is 44.6 Å². The molecule has 43 heavy (non-hydrogen) atoms. The molecular formula is C35H31N3O3S2. The van der Waals surface area contributed by atoms with Gasteiger partial charge in [-0.2, -0.15) is 0 Å². The van der Waals surface area contributed by atoms with Crippen molar-refractivity contribution in [3.8, 4) is 0 Å². The summed E-state index contributed by atoms with van der Waals surface area (Å²) in [6, 6.07) is 37.8. The lowest BCUT2D eigenvalue weighted by Crippen LogP contribution is -2.19. The topological polar surface area (TPSA) is 80.2 Å². The number of benzene rings is 5. The van der Waals surface area contributed by atoms with Crippen molar-refractivity contribution in [3.05, 3.63) is 132 Å². The van der Waals surface area contributed by atoms with E-state index in [9.17, 15) is 13.2 Å². The number of nitrogens with one attached hydrogen (secondary N) is 2. The SMILES string of the molecule is CCn1c2ccccc2c2cc(NC(=O)C(Sc3ccc(NS(=O)(=O)c4ccc(C)cc4)cc3)c3ccccc3)ccc21. The molecule has 0 fully saturated rings. The van der Waals surface area contributed by atoms with Gasteiger partial charge in [-0.3, -0.25) is 9.52 Å². The Balaban J connectivity index is 1.24. The molecule has 8 heteroatoms. The number of carbonyl (C=O) groups is 1. The number of carbonyl (C=O) groups excluding carboxylic acids is 1. The molecule has 1 aromatic heterocycles. The first kappa shape index (κ1) is 28.6. The number of aromatic nitrogens is 1. The average molecular weight is 606 g/mol. The molecule has 1 atom stereocenters. The molecule has 0 bridgehead atoms. The van der Waals surface area contributed by atoms with Crippen LogP contribution in [0, 0.1) is 6.92 Å². The van der Waals surface area contributed by atoms with Crippen molar-refractivity contribution in [2.75, 3.05) is 10.0 Å². The summed E-state index contributed by atoms with van der Waals surface area (Å²) in [5.41, 5.74) is 5.35. The van der Waals surface area contributed by atoms with Gasteiger partial charge in [-0.15, -0.1) is 11.8 Å². The molecule has 0 saturated heterocycles. The van der Waals surface area contributed by atoms with Crippen LogP contribution in [0.5, 0.6) is 0 Å². The van der Waals surface area contributed by atoms with Crippen LogP contribution in [0.2, 0.25) is 0 Å². The zero-order valence-corrected chi connectivity index (χ0v) is 25.5. The Morgan fingerprint density at radius 2 is 1.42 bits per heavy atom. The zero-order valence-electron chi connectivity index (χ0n) is 23.8. The van der Waals surface area contributed by atoms with Gasteiger partial charge in [0.25, 0.3) is 10.0 Å². The Hall–Kier alpha value is -4.53. The van der Waals surface area contributed by atoms with Crippen molar-refractivity contribution in [3.63, 3.8) is 0 Å². The lowest BCUT2D eigenvalue weighted by atomic mass is 10.1. The van der Waals surface area contributed by atoms with E-state index >= 15 is 0 Å². The minimum absolute atomic E-state index is 0.140.